The van der Waals surface area contributed by atoms with Gasteiger partial charge in [-0.3, -0.25) is 0 Å². The molecule has 0 aromatic heterocycles. The highest BCUT2D eigenvalue weighted by Gasteiger charge is 2.34. The van der Waals surface area contributed by atoms with E-state index in [2.05, 4.69) is 45.0 Å². The average Bonchev–Trinajstić information content (AvgIpc) is 2.75. The first-order valence-electron chi connectivity index (χ1n) is 12.9. The van der Waals surface area contributed by atoms with Crippen molar-refractivity contribution < 1.29 is 4.74 Å². The van der Waals surface area contributed by atoms with Gasteiger partial charge in [0.15, 0.2) is 0 Å². The topological polar surface area (TPSA) is 9.23 Å². The molecule has 2 fully saturated rings. The van der Waals surface area contributed by atoms with Crippen LogP contribution in [0.5, 0.6) is 5.75 Å². The van der Waals surface area contributed by atoms with Crippen molar-refractivity contribution in [2.75, 3.05) is 6.61 Å². The van der Waals surface area contributed by atoms with Crippen molar-refractivity contribution in [3.8, 4) is 5.75 Å². The lowest BCUT2D eigenvalue weighted by molar-refractivity contribution is 0.130. The van der Waals surface area contributed by atoms with E-state index in [-0.39, 0.29) is 0 Å². The van der Waals surface area contributed by atoms with Gasteiger partial charge in [-0.2, -0.15) is 0 Å². The number of rotatable bonds is 10. The molecule has 0 heterocycles. The summed E-state index contributed by atoms with van der Waals surface area (Å²) in [5.41, 5.74) is 1.54. The Morgan fingerprint density at radius 2 is 1.48 bits per heavy atom. The highest BCUT2D eigenvalue weighted by molar-refractivity contribution is 5.30. The molecule has 3 unspecified atom stereocenters. The molecule has 0 N–H and O–H groups in total. The molecule has 0 aliphatic heterocycles. The molecule has 2 saturated carbocycles. The van der Waals surface area contributed by atoms with Crippen LogP contribution >= 0.6 is 0 Å². The van der Waals surface area contributed by atoms with E-state index in [1.165, 1.54) is 77.0 Å². The lowest BCUT2D eigenvalue weighted by atomic mass is 9.65. The number of benzene rings is 1. The van der Waals surface area contributed by atoms with Crippen molar-refractivity contribution in [3.05, 3.63) is 29.8 Å². The van der Waals surface area contributed by atoms with E-state index in [4.69, 9.17) is 4.74 Å². The van der Waals surface area contributed by atoms with E-state index in [0.29, 0.717) is 0 Å². The first kappa shape index (κ1) is 22.7. The van der Waals surface area contributed by atoms with Crippen LogP contribution in [0.1, 0.15) is 116 Å². The lowest BCUT2D eigenvalue weighted by Crippen LogP contribution is -2.29. The molecule has 0 amide bonds. The van der Waals surface area contributed by atoms with Crippen molar-refractivity contribution in [2.45, 2.75) is 110 Å². The van der Waals surface area contributed by atoms with Gasteiger partial charge in [-0.1, -0.05) is 77.8 Å². The van der Waals surface area contributed by atoms with Crippen LogP contribution in [-0.2, 0) is 0 Å². The van der Waals surface area contributed by atoms with Crippen molar-refractivity contribution in [3.63, 3.8) is 0 Å². The molecular weight excluding hydrogens is 352 g/mol. The molecule has 1 nitrogen and oxygen atoms in total. The summed E-state index contributed by atoms with van der Waals surface area (Å²) in [7, 11) is 0. The standard InChI is InChI=1S/C28H46O/c1-4-6-8-9-23-10-12-24(13-11-23)26-16-19-28(22(3)21-26)25-14-17-27(18-15-25)29-20-7-5-2/h14-15,17-18,22-24,26,28H,4-13,16,19-21H2,1-3H3/t22?,23-,24-,26?,28?. The minimum atomic E-state index is 0.751. The summed E-state index contributed by atoms with van der Waals surface area (Å²) < 4.78 is 5.85. The van der Waals surface area contributed by atoms with Gasteiger partial charge in [0, 0.05) is 0 Å². The van der Waals surface area contributed by atoms with E-state index in [0.717, 1.165) is 48.4 Å². The average molecular weight is 399 g/mol. The van der Waals surface area contributed by atoms with Crippen LogP contribution in [0.3, 0.4) is 0 Å². The summed E-state index contributed by atoms with van der Waals surface area (Å²) >= 11 is 0. The molecule has 164 valence electrons. The molecule has 2 aliphatic carbocycles. The largest absolute Gasteiger partial charge is 0.494 e. The van der Waals surface area contributed by atoms with Crippen molar-refractivity contribution >= 4 is 0 Å². The van der Waals surface area contributed by atoms with Crippen LogP contribution in [0, 0.1) is 23.7 Å². The van der Waals surface area contributed by atoms with Crippen molar-refractivity contribution in [2.24, 2.45) is 23.7 Å². The zero-order chi connectivity index (χ0) is 20.5. The second-order valence-corrected chi connectivity index (χ2v) is 10.2. The minimum absolute atomic E-state index is 0.751. The summed E-state index contributed by atoms with van der Waals surface area (Å²) in [6.45, 7) is 7.89. The third-order valence-corrected chi connectivity index (χ3v) is 8.06. The fourth-order valence-electron chi connectivity index (χ4n) is 6.14. The van der Waals surface area contributed by atoms with E-state index in [9.17, 15) is 0 Å². The first-order valence-corrected chi connectivity index (χ1v) is 12.9. The Hall–Kier alpha value is -0.980. The SMILES string of the molecule is CCCCC[C@H]1CC[C@H](C2CCC(c3ccc(OCCCC)cc3)C(C)C2)CC1. The van der Waals surface area contributed by atoms with Crippen LogP contribution in [0.4, 0.5) is 0 Å². The Bertz CT molecular complexity index is 554. The zero-order valence-electron chi connectivity index (χ0n) is 19.5. The molecule has 0 spiro atoms. The molecule has 0 bridgehead atoms. The Balaban J connectivity index is 1.43. The maximum absolute atomic E-state index is 5.85. The maximum Gasteiger partial charge on any atom is 0.119 e. The molecule has 3 rings (SSSR count). The zero-order valence-corrected chi connectivity index (χ0v) is 19.5. The van der Waals surface area contributed by atoms with E-state index < -0.39 is 0 Å². The smallest absolute Gasteiger partial charge is 0.119 e. The third kappa shape index (κ3) is 6.76. The van der Waals surface area contributed by atoms with Gasteiger partial charge in [-0.25, -0.2) is 0 Å². The number of hydrogen-bond donors (Lipinski definition) is 0. The van der Waals surface area contributed by atoms with Gasteiger partial charge in [-0.05, 0) is 85.8 Å². The normalized spacial score (nSPS) is 30.2. The fraction of sp³-hybridized carbons (Fsp3) is 0.786. The molecule has 2 aliphatic rings. The second-order valence-electron chi connectivity index (χ2n) is 10.2. The molecule has 0 radical (unpaired) electrons. The number of hydrogen-bond acceptors (Lipinski definition) is 1. The molecule has 0 saturated heterocycles. The van der Waals surface area contributed by atoms with E-state index >= 15 is 0 Å². The Morgan fingerprint density at radius 1 is 0.793 bits per heavy atom. The third-order valence-electron chi connectivity index (χ3n) is 8.06. The Kier molecular flexibility index (Phi) is 9.40. The summed E-state index contributed by atoms with van der Waals surface area (Å²) in [5.74, 6) is 5.68. The monoisotopic (exact) mass is 398 g/mol. The van der Waals surface area contributed by atoms with Crippen LogP contribution < -0.4 is 4.74 Å². The lowest BCUT2D eigenvalue weighted by Gasteiger charge is -2.41. The van der Waals surface area contributed by atoms with Gasteiger partial charge >= 0.3 is 0 Å². The Morgan fingerprint density at radius 3 is 2.14 bits per heavy atom. The Labute approximate surface area is 181 Å². The van der Waals surface area contributed by atoms with Gasteiger partial charge < -0.3 is 4.74 Å². The summed E-state index contributed by atoms with van der Waals surface area (Å²) in [6, 6.07) is 9.07. The van der Waals surface area contributed by atoms with Gasteiger partial charge in [0.05, 0.1) is 6.61 Å². The molecule has 3 atom stereocenters. The number of unbranched alkanes of at least 4 members (excludes halogenated alkanes) is 3. The maximum atomic E-state index is 5.85. The molecule has 1 heteroatoms. The predicted molar refractivity (Wildman–Crippen MR) is 126 cm³/mol. The van der Waals surface area contributed by atoms with Crippen molar-refractivity contribution in [1.82, 2.24) is 0 Å². The summed E-state index contributed by atoms with van der Waals surface area (Å²) in [6.07, 6.45) is 18.5. The highest BCUT2D eigenvalue weighted by atomic mass is 16.5. The van der Waals surface area contributed by atoms with Gasteiger partial charge in [0.1, 0.15) is 5.75 Å². The second kappa shape index (κ2) is 12.0. The van der Waals surface area contributed by atoms with E-state index in [1.54, 1.807) is 5.56 Å². The van der Waals surface area contributed by atoms with Crippen molar-refractivity contribution in [1.29, 1.82) is 0 Å². The van der Waals surface area contributed by atoms with Crippen LogP contribution in [0.25, 0.3) is 0 Å². The minimum Gasteiger partial charge on any atom is -0.494 e. The molecule has 1 aromatic carbocycles. The van der Waals surface area contributed by atoms with E-state index in [1.807, 2.05) is 0 Å². The van der Waals surface area contributed by atoms with Gasteiger partial charge in [0.2, 0.25) is 0 Å². The first-order chi connectivity index (χ1) is 14.2. The molecule has 1 aromatic rings. The van der Waals surface area contributed by atoms with Gasteiger partial charge in [-0.15, -0.1) is 0 Å². The van der Waals surface area contributed by atoms with Crippen LogP contribution in [0.2, 0.25) is 0 Å². The fourth-order valence-corrected chi connectivity index (χ4v) is 6.14. The summed E-state index contributed by atoms with van der Waals surface area (Å²) in [5, 5.41) is 0. The van der Waals surface area contributed by atoms with Gasteiger partial charge in [0.25, 0.3) is 0 Å². The highest BCUT2D eigenvalue weighted by Crippen LogP contribution is 2.47. The number of ether oxygens (including phenoxy) is 1. The van der Waals surface area contributed by atoms with Crippen LogP contribution in [-0.4, -0.2) is 6.61 Å². The molecule has 29 heavy (non-hydrogen) atoms. The summed E-state index contributed by atoms with van der Waals surface area (Å²) in [4.78, 5) is 0. The quantitative estimate of drug-likeness (QED) is 0.358. The molecular formula is C28H46O. The van der Waals surface area contributed by atoms with Crippen LogP contribution in [0.15, 0.2) is 24.3 Å². The predicted octanol–water partition coefficient (Wildman–Crippen LogP) is 8.77.